The van der Waals surface area contributed by atoms with Crippen molar-refractivity contribution in [3.05, 3.63) is 32.9 Å². The van der Waals surface area contributed by atoms with E-state index in [-0.39, 0.29) is 5.56 Å². The number of carboxylic acids is 1. The Bertz CT molecular complexity index is 803. The van der Waals surface area contributed by atoms with E-state index in [9.17, 15) is 14.4 Å². The van der Waals surface area contributed by atoms with Crippen LogP contribution in [0.15, 0.2) is 22.1 Å². The number of ether oxygens (including phenoxy) is 1. The van der Waals surface area contributed by atoms with Crippen molar-refractivity contribution in [1.82, 2.24) is 4.57 Å². The van der Waals surface area contributed by atoms with E-state index in [2.05, 4.69) is 9.73 Å². The van der Waals surface area contributed by atoms with Gasteiger partial charge in [-0.25, -0.2) is 9.59 Å². The van der Waals surface area contributed by atoms with Crippen LogP contribution in [0.3, 0.4) is 0 Å². The smallest absolute Gasteiger partial charge is 0.433 e. The lowest BCUT2D eigenvalue weighted by Crippen LogP contribution is -2.17. The highest BCUT2D eigenvalue weighted by molar-refractivity contribution is 7.20. The molecule has 0 aliphatic rings. The van der Waals surface area contributed by atoms with Gasteiger partial charge in [0.15, 0.2) is 0 Å². The fourth-order valence-corrected chi connectivity index (χ4v) is 2.88. The highest BCUT2D eigenvalue weighted by atomic mass is 32.1. The molecule has 7 nitrogen and oxygen atoms in total. The van der Waals surface area contributed by atoms with E-state index in [1.807, 2.05) is 6.92 Å². The van der Waals surface area contributed by atoms with Gasteiger partial charge in [0.05, 0.1) is 18.7 Å². The fourth-order valence-electron chi connectivity index (χ4n) is 1.81. The molecule has 2 aromatic heterocycles. The van der Waals surface area contributed by atoms with Gasteiger partial charge < -0.3 is 14.4 Å². The first-order chi connectivity index (χ1) is 9.97. The summed E-state index contributed by atoms with van der Waals surface area (Å²) in [5, 5.41) is 9.36. The highest BCUT2D eigenvalue weighted by Crippen LogP contribution is 2.23. The van der Waals surface area contributed by atoms with Crippen molar-refractivity contribution in [2.45, 2.75) is 13.5 Å². The van der Waals surface area contributed by atoms with Crippen LogP contribution in [0, 0.1) is 0 Å². The Hall–Kier alpha value is -2.48. The number of carbonyl (C=O) groups excluding carboxylic acids is 1. The molecule has 2 aromatic rings. The molecule has 0 radical (unpaired) electrons. The van der Waals surface area contributed by atoms with Crippen LogP contribution >= 0.6 is 11.3 Å². The summed E-state index contributed by atoms with van der Waals surface area (Å²) in [6.07, 6.45) is 1.87. The van der Waals surface area contributed by atoms with Gasteiger partial charge in [-0.2, -0.15) is 4.99 Å². The average molecular weight is 308 g/mol. The van der Waals surface area contributed by atoms with E-state index in [1.165, 1.54) is 36.9 Å². The number of hydrogen-bond acceptors (Lipinski definition) is 5. The van der Waals surface area contributed by atoms with Crippen molar-refractivity contribution in [3.63, 3.8) is 0 Å². The lowest BCUT2D eigenvalue weighted by molar-refractivity contribution is 0.0695. The number of thiophene rings is 1. The van der Waals surface area contributed by atoms with Gasteiger partial charge in [-0.1, -0.05) is 0 Å². The van der Waals surface area contributed by atoms with E-state index in [0.717, 1.165) is 0 Å². The van der Waals surface area contributed by atoms with Gasteiger partial charge in [0.1, 0.15) is 10.4 Å². The van der Waals surface area contributed by atoms with Crippen molar-refractivity contribution in [3.8, 4) is 0 Å². The first-order valence-electron chi connectivity index (χ1n) is 6.00. The molecule has 0 fully saturated rings. The van der Waals surface area contributed by atoms with E-state index < -0.39 is 17.5 Å². The van der Waals surface area contributed by atoms with Crippen LogP contribution in [0.5, 0.6) is 0 Å². The molecule has 1 amide bonds. The van der Waals surface area contributed by atoms with Crippen LogP contribution in [0.2, 0.25) is 0 Å². The Labute approximate surface area is 123 Å². The number of amides is 1. The van der Waals surface area contributed by atoms with Gasteiger partial charge in [-0.05, 0) is 13.0 Å². The molecule has 0 aromatic carbocycles. The third-order valence-electron chi connectivity index (χ3n) is 2.81. The highest BCUT2D eigenvalue weighted by Gasteiger charge is 2.16. The summed E-state index contributed by atoms with van der Waals surface area (Å²) < 4.78 is 6.07. The van der Waals surface area contributed by atoms with Crippen molar-refractivity contribution in [2.24, 2.45) is 4.99 Å². The Morgan fingerprint density at radius 1 is 1.52 bits per heavy atom. The SMILES string of the molecule is CCn1cc(C(=O)O)c(=O)c2cc(/C=N/C(=O)OC)sc21. The van der Waals surface area contributed by atoms with Crippen molar-refractivity contribution < 1.29 is 19.4 Å². The number of aromatic nitrogens is 1. The van der Waals surface area contributed by atoms with Gasteiger partial charge in [-0.3, -0.25) is 4.79 Å². The van der Waals surface area contributed by atoms with E-state index >= 15 is 0 Å². The molecule has 8 heteroatoms. The summed E-state index contributed by atoms with van der Waals surface area (Å²) in [6, 6.07) is 1.52. The molecule has 2 rings (SSSR count). The van der Waals surface area contributed by atoms with Gasteiger partial charge in [0.25, 0.3) is 0 Å². The van der Waals surface area contributed by atoms with Crippen LogP contribution < -0.4 is 5.43 Å². The largest absolute Gasteiger partial charge is 0.477 e. The maximum Gasteiger partial charge on any atom is 0.433 e. The van der Waals surface area contributed by atoms with Crippen LogP contribution in [0.1, 0.15) is 22.2 Å². The van der Waals surface area contributed by atoms with Gasteiger partial charge in [0, 0.05) is 17.6 Å². The number of hydrogen-bond donors (Lipinski definition) is 1. The number of aliphatic imine (C=N–C) groups is 1. The standard InChI is InChI=1S/C13H12N2O5S/c1-3-15-6-9(12(17)18)10(16)8-4-7(21-11(8)15)5-14-13(19)20-2/h4-6H,3H2,1-2H3,(H,17,18)/b14-5+. The number of aromatic carboxylic acids is 1. The van der Waals surface area contributed by atoms with Crippen molar-refractivity contribution in [1.29, 1.82) is 0 Å². The Kier molecular flexibility index (Phi) is 4.18. The Balaban J connectivity index is 2.63. The van der Waals surface area contributed by atoms with Crippen LogP contribution in [0.4, 0.5) is 4.79 Å². The Morgan fingerprint density at radius 2 is 2.24 bits per heavy atom. The summed E-state index contributed by atoms with van der Waals surface area (Å²) >= 11 is 1.25. The molecule has 0 bridgehead atoms. The number of nitrogens with zero attached hydrogens (tertiary/aromatic N) is 2. The molecule has 0 aliphatic heterocycles. The molecule has 110 valence electrons. The van der Waals surface area contributed by atoms with Crippen molar-refractivity contribution >= 4 is 39.8 Å². The predicted octanol–water partition coefficient (Wildman–Crippen LogP) is 1.97. The molecular formula is C13H12N2O5S. The maximum atomic E-state index is 12.1. The topological polar surface area (TPSA) is 98.0 Å². The third kappa shape index (κ3) is 2.84. The monoisotopic (exact) mass is 308 g/mol. The lowest BCUT2D eigenvalue weighted by atomic mass is 10.2. The third-order valence-corrected chi connectivity index (χ3v) is 3.92. The van der Waals surface area contributed by atoms with E-state index in [0.29, 0.717) is 21.6 Å². The minimum absolute atomic E-state index is 0.279. The fraction of sp³-hybridized carbons (Fsp3) is 0.231. The summed E-state index contributed by atoms with van der Waals surface area (Å²) in [4.78, 5) is 38.9. The van der Waals surface area contributed by atoms with Gasteiger partial charge >= 0.3 is 12.1 Å². The molecule has 0 spiro atoms. The zero-order valence-corrected chi connectivity index (χ0v) is 12.1. The van der Waals surface area contributed by atoms with Gasteiger partial charge in [-0.15, -0.1) is 11.3 Å². The molecule has 1 N–H and O–H groups in total. The summed E-state index contributed by atoms with van der Waals surface area (Å²) in [7, 11) is 1.21. The number of rotatable bonds is 3. The molecule has 21 heavy (non-hydrogen) atoms. The summed E-state index contributed by atoms with van der Waals surface area (Å²) in [5.41, 5.74) is -0.824. The average Bonchev–Trinajstić information content (AvgIpc) is 2.89. The summed E-state index contributed by atoms with van der Waals surface area (Å²) in [5.74, 6) is -1.26. The van der Waals surface area contributed by atoms with Crippen LogP contribution in [-0.2, 0) is 11.3 Å². The first-order valence-corrected chi connectivity index (χ1v) is 6.81. The number of carbonyl (C=O) groups is 2. The maximum absolute atomic E-state index is 12.1. The number of pyridine rings is 1. The van der Waals surface area contributed by atoms with Crippen molar-refractivity contribution in [2.75, 3.05) is 7.11 Å². The quantitative estimate of drug-likeness (QED) is 0.874. The zero-order chi connectivity index (χ0) is 15.6. The molecule has 0 saturated carbocycles. The molecule has 0 saturated heterocycles. The second-order valence-corrected chi connectivity index (χ2v) is 5.12. The van der Waals surface area contributed by atoms with E-state index in [4.69, 9.17) is 5.11 Å². The first kappa shape index (κ1) is 14.9. The molecule has 0 atom stereocenters. The second-order valence-electron chi connectivity index (χ2n) is 4.06. The minimum Gasteiger partial charge on any atom is -0.477 e. The normalized spacial score (nSPS) is 11.1. The number of carboxylic acid groups (broad SMARTS) is 1. The zero-order valence-electron chi connectivity index (χ0n) is 11.3. The lowest BCUT2D eigenvalue weighted by Gasteiger charge is -2.05. The predicted molar refractivity (Wildman–Crippen MR) is 78.7 cm³/mol. The number of aryl methyl sites for hydroxylation is 1. The minimum atomic E-state index is -1.26. The van der Waals surface area contributed by atoms with Crippen LogP contribution in [0.25, 0.3) is 10.2 Å². The van der Waals surface area contributed by atoms with Crippen LogP contribution in [-0.4, -0.2) is 35.1 Å². The van der Waals surface area contributed by atoms with Gasteiger partial charge in [0.2, 0.25) is 5.43 Å². The number of methoxy groups -OCH3 is 1. The Morgan fingerprint density at radius 3 is 2.81 bits per heavy atom. The molecule has 2 heterocycles. The second kappa shape index (κ2) is 5.88. The molecular weight excluding hydrogens is 296 g/mol. The molecule has 0 unspecified atom stereocenters. The van der Waals surface area contributed by atoms with E-state index in [1.54, 1.807) is 4.57 Å². The molecule has 0 aliphatic carbocycles. The summed E-state index contributed by atoms with van der Waals surface area (Å²) in [6.45, 7) is 2.36. The number of fused-ring (bicyclic) bond motifs is 1.